The molecular formula is C19H23N3O5S. The summed E-state index contributed by atoms with van der Waals surface area (Å²) in [4.78, 5) is 24.2. The van der Waals surface area contributed by atoms with Crippen molar-refractivity contribution >= 4 is 27.5 Å². The van der Waals surface area contributed by atoms with E-state index in [0.717, 1.165) is 0 Å². The summed E-state index contributed by atoms with van der Waals surface area (Å²) in [6, 6.07) is 12.3. The summed E-state index contributed by atoms with van der Waals surface area (Å²) in [5.41, 5.74) is 0.838. The van der Waals surface area contributed by atoms with Gasteiger partial charge in [-0.15, -0.1) is 0 Å². The van der Waals surface area contributed by atoms with Gasteiger partial charge in [-0.05, 0) is 55.5 Å². The van der Waals surface area contributed by atoms with Crippen molar-refractivity contribution in [3.8, 4) is 5.75 Å². The number of benzene rings is 2. The van der Waals surface area contributed by atoms with Crippen molar-refractivity contribution in [2.75, 3.05) is 25.0 Å². The molecule has 2 aromatic carbocycles. The number of hydrogen-bond acceptors (Lipinski definition) is 5. The van der Waals surface area contributed by atoms with Crippen molar-refractivity contribution in [2.45, 2.75) is 18.7 Å². The van der Waals surface area contributed by atoms with Crippen molar-refractivity contribution in [1.82, 2.24) is 10.0 Å². The molecule has 2 rings (SSSR count). The fraction of sp³-hybridized carbons (Fsp3) is 0.263. The number of carbonyl (C=O) groups is 2. The van der Waals surface area contributed by atoms with Crippen LogP contribution in [0.4, 0.5) is 5.69 Å². The average molecular weight is 405 g/mol. The summed E-state index contributed by atoms with van der Waals surface area (Å²) < 4.78 is 31.5. The molecule has 0 aliphatic rings. The Balaban J connectivity index is 1.88. The maximum Gasteiger partial charge on any atom is 0.251 e. The van der Waals surface area contributed by atoms with Gasteiger partial charge < -0.3 is 15.4 Å². The first-order chi connectivity index (χ1) is 13.4. The van der Waals surface area contributed by atoms with Crippen molar-refractivity contribution in [3.05, 3.63) is 54.1 Å². The van der Waals surface area contributed by atoms with Gasteiger partial charge in [-0.25, -0.2) is 13.1 Å². The zero-order valence-electron chi connectivity index (χ0n) is 15.7. The lowest BCUT2D eigenvalue weighted by molar-refractivity contribution is -0.115. The third-order valence-electron chi connectivity index (χ3n) is 3.62. The van der Waals surface area contributed by atoms with E-state index in [-0.39, 0.29) is 29.5 Å². The lowest BCUT2D eigenvalue weighted by Gasteiger charge is -2.09. The standard InChI is InChI=1S/C19H23N3O5S/c1-3-21-28(25,26)17-11-5-14(6-12-17)19(24)20-13-18(23)22-15-7-9-16(10-8-15)27-4-2/h5-12,21H,3-4,13H2,1-2H3,(H,20,24)(H,22,23). The van der Waals surface area contributed by atoms with E-state index in [1.807, 2.05) is 6.92 Å². The van der Waals surface area contributed by atoms with Crippen LogP contribution >= 0.6 is 0 Å². The summed E-state index contributed by atoms with van der Waals surface area (Å²) in [5, 5.41) is 5.16. The molecule has 0 spiro atoms. The van der Waals surface area contributed by atoms with Crippen molar-refractivity contribution in [1.29, 1.82) is 0 Å². The van der Waals surface area contributed by atoms with E-state index in [1.165, 1.54) is 24.3 Å². The van der Waals surface area contributed by atoms with E-state index in [4.69, 9.17) is 4.74 Å². The Labute approximate surface area is 164 Å². The number of ether oxygens (including phenoxy) is 1. The third-order valence-corrected chi connectivity index (χ3v) is 5.18. The topological polar surface area (TPSA) is 114 Å². The average Bonchev–Trinajstić information content (AvgIpc) is 2.68. The monoisotopic (exact) mass is 405 g/mol. The van der Waals surface area contributed by atoms with Gasteiger partial charge in [-0.3, -0.25) is 9.59 Å². The first-order valence-electron chi connectivity index (χ1n) is 8.76. The summed E-state index contributed by atoms with van der Waals surface area (Å²) in [6.07, 6.45) is 0. The summed E-state index contributed by atoms with van der Waals surface area (Å²) in [5.74, 6) is -0.161. The minimum Gasteiger partial charge on any atom is -0.494 e. The molecule has 0 aliphatic heterocycles. The van der Waals surface area contributed by atoms with Gasteiger partial charge in [0.05, 0.1) is 18.0 Å². The predicted molar refractivity (Wildman–Crippen MR) is 106 cm³/mol. The van der Waals surface area contributed by atoms with Gasteiger partial charge in [0.25, 0.3) is 5.91 Å². The number of sulfonamides is 1. The van der Waals surface area contributed by atoms with Crippen molar-refractivity contribution < 1.29 is 22.7 Å². The number of amides is 2. The molecular weight excluding hydrogens is 382 g/mol. The molecule has 2 aromatic rings. The zero-order valence-corrected chi connectivity index (χ0v) is 16.5. The number of rotatable bonds is 9. The van der Waals surface area contributed by atoms with Crippen LogP contribution in [0.1, 0.15) is 24.2 Å². The van der Waals surface area contributed by atoms with E-state index in [1.54, 1.807) is 31.2 Å². The molecule has 0 heterocycles. The van der Waals surface area contributed by atoms with Gasteiger partial charge >= 0.3 is 0 Å². The SMILES string of the molecule is CCNS(=O)(=O)c1ccc(C(=O)NCC(=O)Nc2ccc(OCC)cc2)cc1. The van der Waals surface area contributed by atoms with Crippen LogP contribution in [0.2, 0.25) is 0 Å². The number of anilines is 1. The second-order valence-corrected chi connectivity index (χ2v) is 7.48. The lowest BCUT2D eigenvalue weighted by Crippen LogP contribution is -2.32. The van der Waals surface area contributed by atoms with Crippen molar-refractivity contribution in [2.24, 2.45) is 0 Å². The molecule has 0 fully saturated rings. The van der Waals surface area contributed by atoms with Crippen LogP contribution in [0.25, 0.3) is 0 Å². The Kier molecular flexibility index (Phi) is 7.53. The molecule has 2 amide bonds. The second kappa shape index (κ2) is 9.86. The van der Waals surface area contributed by atoms with Gasteiger partial charge in [0.1, 0.15) is 5.75 Å². The maximum atomic E-state index is 12.1. The Morgan fingerprint density at radius 2 is 1.61 bits per heavy atom. The van der Waals surface area contributed by atoms with E-state index in [0.29, 0.717) is 18.0 Å². The Hall–Kier alpha value is -2.91. The molecule has 0 aromatic heterocycles. The normalized spacial score (nSPS) is 10.9. The van der Waals surface area contributed by atoms with Crippen LogP contribution < -0.4 is 20.1 Å². The summed E-state index contributed by atoms with van der Waals surface area (Å²) in [6.45, 7) is 4.17. The molecule has 8 nitrogen and oxygen atoms in total. The van der Waals surface area contributed by atoms with Gasteiger partial charge in [-0.2, -0.15) is 0 Å². The van der Waals surface area contributed by atoms with E-state index < -0.39 is 15.9 Å². The molecule has 0 saturated heterocycles. The zero-order chi connectivity index (χ0) is 20.6. The number of nitrogens with one attached hydrogen (secondary N) is 3. The van der Waals surface area contributed by atoms with Gasteiger partial charge in [0.2, 0.25) is 15.9 Å². The Morgan fingerprint density at radius 3 is 2.18 bits per heavy atom. The van der Waals surface area contributed by atoms with E-state index in [2.05, 4.69) is 15.4 Å². The minimum atomic E-state index is -3.57. The molecule has 3 N–H and O–H groups in total. The molecule has 9 heteroatoms. The fourth-order valence-electron chi connectivity index (χ4n) is 2.33. The largest absolute Gasteiger partial charge is 0.494 e. The third kappa shape index (κ3) is 6.07. The van der Waals surface area contributed by atoms with Crippen LogP contribution in [0.5, 0.6) is 5.75 Å². The van der Waals surface area contributed by atoms with Crippen LogP contribution in [0.3, 0.4) is 0 Å². The predicted octanol–water partition coefficient (Wildman–Crippen LogP) is 1.75. The van der Waals surface area contributed by atoms with Gasteiger partial charge in [0.15, 0.2) is 0 Å². The van der Waals surface area contributed by atoms with Crippen LogP contribution in [0, 0.1) is 0 Å². The summed E-state index contributed by atoms with van der Waals surface area (Å²) in [7, 11) is -3.57. The van der Waals surface area contributed by atoms with Crippen molar-refractivity contribution in [3.63, 3.8) is 0 Å². The smallest absolute Gasteiger partial charge is 0.251 e. The molecule has 28 heavy (non-hydrogen) atoms. The highest BCUT2D eigenvalue weighted by Gasteiger charge is 2.14. The Bertz CT molecular complexity index is 910. The first-order valence-corrected chi connectivity index (χ1v) is 10.2. The number of carbonyl (C=O) groups excluding carboxylic acids is 2. The molecule has 0 bridgehead atoms. The van der Waals surface area contributed by atoms with Crippen LogP contribution in [-0.2, 0) is 14.8 Å². The molecule has 0 radical (unpaired) electrons. The fourth-order valence-corrected chi connectivity index (χ4v) is 3.37. The molecule has 0 aliphatic carbocycles. The maximum absolute atomic E-state index is 12.1. The quantitative estimate of drug-likeness (QED) is 0.588. The van der Waals surface area contributed by atoms with Gasteiger partial charge in [-0.1, -0.05) is 6.92 Å². The summed E-state index contributed by atoms with van der Waals surface area (Å²) >= 11 is 0. The molecule has 0 saturated carbocycles. The molecule has 0 unspecified atom stereocenters. The first kappa shape index (κ1) is 21.4. The highest BCUT2D eigenvalue weighted by atomic mass is 32.2. The highest BCUT2D eigenvalue weighted by Crippen LogP contribution is 2.15. The van der Waals surface area contributed by atoms with E-state index in [9.17, 15) is 18.0 Å². The second-order valence-electron chi connectivity index (χ2n) is 5.71. The van der Waals surface area contributed by atoms with Crippen LogP contribution in [-0.4, -0.2) is 39.9 Å². The minimum absolute atomic E-state index is 0.0687. The lowest BCUT2D eigenvalue weighted by atomic mass is 10.2. The molecule has 0 atom stereocenters. The highest BCUT2D eigenvalue weighted by molar-refractivity contribution is 7.89. The number of hydrogen-bond donors (Lipinski definition) is 3. The van der Waals surface area contributed by atoms with Crippen LogP contribution in [0.15, 0.2) is 53.4 Å². The van der Waals surface area contributed by atoms with Gasteiger partial charge in [0, 0.05) is 17.8 Å². The Morgan fingerprint density at radius 1 is 0.964 bits per heavy atom. The van der Waals surface area contributed by atoms with E-state index >= 15 is 0 Å². The molecule has 150 valence electrons.